The second-order valence-corrected chi connectivity index (χ2v) is 6.89. The summed E-state index contributed by atoms with van der Waals surface area (Å²) < 4.78 is 12.6. The fraction of sp³-hybridized carbons (Fsp3) is 0.273. The van der Waals surface area contributed by atoms with Gasteiger partial charge in [-0.2, -0.15) is 0 Å². The Morgan fingerprint density at radius 1 is 1.14 bits per heavy atom. The van der Waals surface area contributed by atoms with Crippen LogP contribution >= 0.6 is 0 Å². The van der Waals surface area contributed by atoms with Crippen LogP contribution in [0.15, 0.2) is 47.3 Å². The molecule has 1 aromatic heterocycles. The summed E-state index contributed by atoms with van der Waals surface area (Å²) in [4.78, 5) is 24.5. The number of rotatable bonds is 7. The van der Waals surface area contributed by atoms with Gasteiger partial charge in [-0.15, -0.1) is 0 Å². The maximum atomic E-state index is 13.2. The van der Waals surface area contributed by atoms with E-state index in [-0.39, 0.29) is 18.9 Å². The van der Waals surface area contributed by atoms with E-state index in [1.165, 1.54) is 0 Å². The molecular formula is C22H22N2O5. The molecule has 0 spiro atoms. The summed E-state index contributed by atoms with van der Waals surface area (Å²) in [6.45, 7) is 2.43. The number of aromatic nitrogens is 1. The Morgan fingerprint density at radius 2 is 1.90 bits per heavy atom. The minimum absolute atomic E-state index is 0.133. The summed E-state index contributed by atoms with van der Waals surface area (Å²) in [5, 5.41) is 13.6. The van der Waals surface area contributed by atoms with Gasteiger partial charge in [0.05, 0.1) is 0 Å². The van der Waals surface area contributed by atoms with Crippen molar-refractivity contribution in [1.29, 1.82) is 0 Å². The molecule has 0 saturated carbocycles. The van der Waals surface area contributed by atoms with Crippen molar-refractivity contribution < 1.29 is 19.4 Å². The third-order valence-corrected chi connectivity index (χ3v) is 4.98. The van der Waals surface area contributed by atoms with Crippen LogP contribution in [0.5, 0.6) is 11.5 Å². The molecule has 2 heterocycles. The Bertz CT molecular complexity index is 1140. The number of nitrogens with zero attached hydrogens (tertiary/aromatic N) is 1. The number of carboxylic acids is 1. The monoisotopic (exact) mass is 394 g/mol. The summed E-state index contributed by atoms with van der Waals surface area (Å²) in [5.74, 6) is 0.798. The van der Waals surface area contributed by atoms with E-state index < -0.39 is 5.97 Å². The summed E-state index contributed by atoms with van der Waals surface area (Å²) in [6.07, 6.45) is 1.72. The third kappa shape index (κ3) is 3.51. The lowest BCUT2D eigenvalue weighted by molar-refractivity contribution is -0.134. The molecule has 7 nitrogen and oxygen atoms in total. The first-order valence-electron chi connectivity index (χ1n) is 9.61. The van der Waals surface area contributed by atoms with Crippen molar-refractivity contribution in [2.45, 2.75) is 26.3 Å². The lowest BCUT2D eigenvalue weighted by atomic mass is 9.98. The molecular weight excluding hydrogens is 372 g/mol. The van der Waals surface area contributed by atoms with Crippen LogP contribution in [0.4, 0.5) is 5.82 Å². The Labute approximate surface area is 167 Å². The number of benzene rings is 2. The summed E-state index contributed by atoms with van der Waals surface area (Å²) >= 11 is 0. The quantitative estimate of drug-likeness (QED) is 0.635. The summed E-state index contributed by atoms with van der Waals surface area (Å²) in [7, 11) is 0. The van der Waals surface area contributed by atoms with Gasteiger partial charge in [0.25, 0.3) is 5.56 Å². The van der Waals surface area contributed by atoms with Gasteiger partial charge in [0.15, 0.2) is 11.5 Å². The van der Waals surface area contributed by atoms with Crippen LogP contribution in [0.2, 0.25) is 0 Å². The molecule has 150 valence electrons. The van der Waals surface area contributed by atoms with E-state index in [1.807, 2.05) is 36.4 Å². The van der Waals surface area contributed by atoms with Gasteiger partial charge >= 0.3 is 5.97 Å². The Kier molecular flexibility index (Phi) is 5.12. The first-order chi connectivity index (χ1) is 14.1. The van der Waals surface area contributed by atoms with Crippen molar-refractivity contribution in [3.8, 4) is 22.6 Å². The predicted octanol–water partition coefficient (Wildman–Crippen LogP) is 3.69. The van der Waals surface area contributed by atoms with Crippen molar-refractivity contribution >= 4 is 22.6 Å². The van der Waals surface area contributed by atoms with Crippen LogP contribution in [0.25, 0.3) is 21.9 Å². The average molecular weight is 394 g/mol. The number of fused-ring (bicyclic) bond motifs is 2. The normalized spacial score (nSPS) is 12.3. The highest BCUT2D eigenvalue weighted by molar-refractivity contribution is 6.02. The number of unbranched alkanes of at least 4 members (excludes halogenated alkanes) is 1. The number of ether oxygens (including phenoxy) is 2. The molecule has 1 aliphatic rings. The van der Waals surface area contributed by atoms with Crippen molar-refractivity contribution in [2.24, 2.45) is 0 Å². The molecule has 29 heavy (non-hydrogen) atoms. The fourth-order valence-corrected chi connectivity index (χ4v) is 3.61. The van der Waals surface area contributed by atoms with Crippen LogP contribution in [0.3, 0.4) is 0 Å². The van der Waals surface area contributed by atoms with Crippen LogP contribution in [-0.2, 0) is 11.3 Å². The molecule has 0 bridgehead atoms. The number of hydrogen-bond donors (Lipinski definition) is 2. The van der Waals surface area contributed by atoms with Gasteiger partial charge in [-0.25, -0.2) is 0 Å². The molecule has 0 aliphatic carbocycles. The standard InChI is InChI=1S/C22H22N2O5/c1-2-3-10-24-21(23-12-19(25)26)20(15-6-4-5-7-16(15)22(24)27)14-8-9-17-18(11-14)29-13-28-17/h4-9,11,23H,2-3,10,12-13H2,1H3,(H,25,26). The molecule has 0 fully saturated rings. The van der Waals surface area contributed by atoms with Crippen LogP contribution in [0.1, 0.15) is 19.8 Å². The van der Waals surface area contributed by atoms with Gasteiger partial charge in [0.2, 0.25) is 6.79 Å². The van der Waals surface area contributed by atoms with Crippen LogP contribution < -0.4 is 20.3 Å². The topological polar surface area (TPSA) is 89.8 Å². The molecule has 7 heteroatoms. The molecule has 0 amide bonds. The number of nitrogens with one attached hydrogen (secondary N) is 1. The largest absolute Gasteiger partial charge is 0.480 e. The van der Waals surface area contributed by atoms with E-state index in [0.717, 1.165) is 29.4 Å². The van der Waals surface area contributed by atoms with Gasteiger partial charge < -0.3 is 19.9 Å². The van der Waals surface area contributed by atoms with Gasteiger partial charge in [0.1, 0.15) is 12.4 Å². The van der Waals surface area contributed by atoms with E-state index >= 15 is 0 Å². The number of pyridine rings is 1. The smallest absolute Gasteiger partial charge is 0.322 e. The number of carbonyl (C=O) groups is 1. The van der Waals surface area contributed by atoms with Gasteiger partial charge in [-0.3, -0.25) is 14.2 Å². The molecule has 1 aliphatic heterocycles. The number of hydrogen-bond acceptors (Lipinski definition) is 5. The van der Waals surface area contributed by atoms with E-state index in [4.69, 9.17) is 9.47 Å². The Morgan fingerprint density at radius 3 is 2.66 bits per heavy atom. The van der Waals surface area contributed by atoms with Crippen molar-refractivity contribution in [3.63, 3.8) is 0 Å². The fourth-order valence-electron chi connectivity index (χ4n) is 3.61. The van der Waals surface area contributed by atoms with Crippen LogP contribution in [0, 0.1) is 0 Å². The molecule has 2 N–H and O–H groups in total. The highest BCUT2D eigenvalue weighted by atomic mass is 16.7. The first-order valence-corrected chi connectivity index (χ1v) is 9.61. The molecule has 0 atom stereocenters. The molecule has 3 aromatic rings. The van der Waals surface area contributed by atoms with Gasteiger partial charge in [0, 0.05) is 17.5 Å². The maximum absolute atomic E-state index is 13.2. The van der Waals surface area contributed by atoms with E-state index in [1.54, 1.807) is 10.6 Å². The Balaban J connectivity index is 2.01. The van der Waals surface area contributed by atoms with Crippen LogP contribution in [-0.4, -0.2) is 29.0 Å². The zero-order chi connectivity index (χ0) is 20.4. The highest BCUT2D eigenvalue weighted by Gasteiger charge is 2.21. The van der Waals surface area contributed by atoms with Crippen molar-refractivity contribution in [2.75, 3.05) is 18.7 Å². The van der Waals surface area contributed by atoms with E-state index in [0.29, 0.717) is 29.2 Å². The number of carboxylic acid groups (broad SMARTS) is 1. The molecule has 0 saturated heterocycles. The van der Waals surface area contributed by atoms with E-state index in [2.05, 4.69) is 12.2 Å². The second kappa shape index (κ2) is 7.87. The molecule has 2 aromatic carbocycles. The zero-order valence-electron chi connectivity index (χ0n) is 16.1. The molecule has 4 rings (SSSR count). The number of anilines is 1. The van der Waals surface area contributed by atoms with Gasteiger partial charge in [-0.1, -0.05) is 37.6 Å². The average Bonchev–Trinajstić information content (AvgIpc) is 3.19. The van der Waals surface area contributed by atoms with Crippen molar-refractivity contribution in [1.82, 2.24) is 4.57 Å². The third-order valence-electron chi connectivity index (χ3n) is 4.98. The summed E-state index contributed by atoms with van der Waals surface area (Å²) in [5.41, 5.74) is 1.46. The zero-order valence-corrected chi connectivity index (χ0v) is 16.1. The Hall–Kier alpha value is -3.48. The van der Waals surface area contributed by atoms with E-state index in [9.17, 15) is 14.7 Å². The lowest BCUT2D eigenvalue weighted by Crippen LogP contribution is -2.26. The highest BCUT2D eigenvalue weighted by Crippen LogP contribution is 2.40. The molecule has 0 unspecified atom stereocenters. The first kappa shape index (κ1) is 18.9. The minimum atomic E-state index is -0.996. The minimum Gasteiger partial charge on any atom is -0.480 e. The predicted molar refractivity (Wildman–Crippen MR) is 111 cm³/mol. The lowest BCUT2D eigenvalue weighted by Gasteiger charge is -2.20. The second-order valence-electron chi connectivity index (χ2n) is 6.89. The number of aliphatic carboxylic acids is 1. The maximum Gasteiger partial charge on any atom is 0.322 e. The summed E-state index contributed by atoms with van der Waals surface area (Å²) in [6, 6.07) is 13.0. The SMILES string of the molecule is CCCCn1c(NCC(=O)O)c(-c2ccc3c(c2)OCO3)c2ccccc2c1=O. The van der Waals surface area contributed by atoms with Crippen molar-refractivity contribution in [3.05, 3.63) is 52.8 Å². The van der Waals surface area contributed by atoms with Gasteiger partial charge in [-0.05, 0) is 35.6 Å². The molecule has 0 radical (unpaired) electrons.